The number of hydrogen-bond donors (Lipinski definition) is 4. The van der Waals surface area contributed by atoms with Gasteiger partial charge in [0.05, 0.1) is 70.6 Å². The van der Waals surface area contributed by atoms with Gasteiger partial charge in [-0.2, -0.15) is 0 Å². The molecular formula is C24H37N3O9. The third-order valence-electron chi connectivity index (χ3n) is 4.68. The Morgan fingerprint density at radius 3 is 2.14 bits per heavy atom. The van der Waals surface area contributed by atoms with Crippen LogP contribution in [0.4, 0.5) is 5.69 Å². The number of aldehydes is 1. The van der Waals surface area contributed by atoms with Crippen molar-refractivity contribution in [3.63, 3.8) is 0 Å². The predicted molar refractivity (Wildman–Crippen MR) is 131 cm³/mol. The molecule has 12 nitrogen and oxygen atoms in total. The number of imide groups is 1. The van der Waals surface area contributed by atoms with E-state index in [0.717, 1.165) is 6.29 Å². The van der Waals surface area contributed by atoms with Crippen LogP contribution < -0.4 is 16.0 Å². The molecule has 0 aliphatic carbocycles. The molecule has 202 valence electrons. The molecule has 0 saturated heterocycles. The lowest BCUT2D eigenvalue weighted by atomic mass is 10.1. The van der Waals surface area contributed by atoms with Gasteiger partial charge in [-0.25, -0.2) is 0 Å². The Hall–Kier alpha value is -2.90. The average Bonchev–Trinajstić information content (AvgIpc) is 3.18. The fourth-order valence-corrected chi connectivity index (χ4v) is 2.92. The molecule has 0 fully saturated rings. The number of ether oxygens (including phenoxy) is 4. The van der Waals surface area contributed by atoms with Crippen LogP contribution in [0.2, 0.25) is 0 Å². The topological polar surface area (TPSA) is 162 Å². The Morgan fingerprint density at radius 1 is 0.944 bits per heavy atom. The first-order valence-corrected chi connectivity index (χ1v) is 11.8. The van der Waals surface area contributed by atoms with Gasteiger partial charge in [-0.1, -0.05) is 6.07 Å². The molecule has 1 heterocycles. The highest BCUT2D eigenvalue weighted by molar-refractivity contribution is 6.23. The number of nitrogens with one attached hydrogen (secondary N) is 3. The SMILES string of the molecule is CNC(=O)CCCC=O.O=C1NC(=O)c2c(NCCOCCOCCOCCOCCO)cccc21. The van der Waals surface area contributed by atoms with Crippen LogP contribution in [0.25, 0.3) is 0 Å². The van der Waals surface area contributed by atoms with Crippen LogP contribution in [-0.4, -0.2) is 102 Å². The summed E-state index contributed by atoms with van der Waals surface area (Å²) in [5, 5.41) is 16.4. The molecule has 36 heavy (non-hydrogen) atoms. The molecule has 0 aromatic heterocycles. The zero-order valence-corrected chi connectivity index (χ0v) is 20.7. The molecule has 2 rings (SSSR count). The maximum Gasteiger partial charge on any atom is 0.261 e. The normalized spacial score (nSPS) is 11.8. The van der Waals surface area contributed by atoms with E-state index in [0.29, 0.717) is 95.5 Å². The van der Waals surface area contributed by atoms with Gasteiger partial charge in [0.2, 0.25) is 5.91 Å². The summed E-state index contributed by atoms with van der Waals surface area (Å²) < 4.78 is 21.2. The number of aliphatic hydroxyl groups is 1. The van der Waals surface area contributed by atoms with Crippen molar-refractivity contribution >= 4 is 29.7 Å². The Morgan fingerprint density at radius 2 is 1.56 bits per heavy atom. The summed E-state index contributed by atoms with van der Waals surface area (Å²) in [4.78, 5) is 43.6. The number of carbonyl (C=O) groups excluding carboxylic acids is 4. The first-order chi connectivity index (χ1) is 17.5. The first kappa shape index (κ1) is 31.1. The van der Waals surface area contributed by atoms with Gasteiger partial charge in [0.25, 0.3) is 11.8 Å². The third kappa shape index (κ3) is 13.3. The van der Waals surface area contributed by atoms with E-state index in [1.807, 2.05) is 0 Å². The molecule has 1 aliphatic rings. The van der Waals surface area contributed by atoms with Crippen molar-refractivity contribution in [3.05, 3.63) is 29.3 Å². The Balaban J connectivity index is 0.000000613. The summed E-state index contributed by atoms with van der Waals surface area (Å²) in [5.74, 6) is -0.750. The van der Waals surface area contributed by atoms with Crippen molar-refractivity contribution in [2.45, 2.75) is 19.3 Å². The maximum absolute atomic E-state index is 11.8. The minimum Gasteiger partial charge on any atom is -0.394 e. The van der Waals surface area contributed by atoms with Gasteiger partial charge in [-0.05, 0) is 18.6 Å². The van der Waals surface area contributed by atoms with Crippen LogP contribution in [0, 0.1) is 0 Å². The van der Waals surface area contributed by atoms with Crippen LogP contribution in [0.5, 0.6) is 0 Å². The number of anilines is 1. The molecule has 1 aromatic rings. The monoisotopic (exact) mass is 511 g/mol. The number of unbranched alkanes of at least 4 members (excludes halogenated alkanes) is 1. The summed E-state index contributed by atoms with van der Waals surface area (Å²) in [6, 6.07) is 5.12. The number of benzene rings is 1. The van der Waals surface area contributed by atoms with Crippen LogP contribution in [-0.2, 0) is 28.5 Å². The van der Waals surface area contributed by atoms with Crippen LogP contribution in [0.3, 0.4) is 0 Å². The maximum atomic E-state index is 11.8. The molecule has 4 N–H and O–H groups in total. The Labute approximate surface area is 211 Å². The van der Waals surface area contributed by atoms with E-state index in [4.69, 9.17) is 24.1 Å². The van der Waals surface area contributed by atoms with Crippen molar-refractivity contribution < 1.29 is 43.2 Å². The third-order valence-corrected chi connectivity index (χ3v) is 4.68. The van der Waals surface area contributed by atoms with Crippen molar-refractivity contribution in [3.8, 4) is 0 Å². The van der Waals surface area contributed by atoms with E-state index < -0.39 is 0 Å². The number of carbonyl (C=O) groups is 4. The Bertz CT molecular complexity index is 805. The zero-order valence-electron chi connectivity index (χ0n) is 20.7. The molecule has 1 aliphatic heterocycles. The van der Waals surface area contributed by atoms with E-state index in [2.05, 4.69) is 16.0 Å². The molecule has 0 bridgehead atoms. The second-order valence-electron chi connectivity index (χ2n) is 7.34. The van der Waals surface area contributed by atoms with Crippen molar-refractivity contribution in [2.75, 3.05) is 78.4 Å². The van der Waals surface area contributed by atoms with Crippen LogP contribution in [0.1, 0.15) is 40.0 Å². The van der Waals surface area contributed by atoms with Crippen molar-refractivity contribution in [2.24, 2.45) is 0 Å². The number of rotatable bonds is 19. The summed E-state index contributed by atoms with van der Waals surface area (Å²) in [6.07, 6.45) is 2.41. The van der Waals surface area contributed by atoms with Gasteiger partial charge in [0, 0.05) is 32.1 Å². The lowest BCUT2D eigenvalue weighted by Crippen LogP contribution is -2.20. The van der Waals surface area contributed by atoms with Gasteiger partial charge >= 0.3 is 0 Å². The molecule has 0 spiro atoms. The molecule has 12 heteroatoms. The van der Waals surface area contributed by atoms with Gasteiger partial charge in [0.15, 0.2) is 0 Å². The summed E-state index contributed by atoms with van der Waals surface area (Å²) in [6.45, 7) is 4.08. The smallest absolute Gasteiger partial charge is 0.261 e. The Kier molecular flexibility index (Phi) is 17.6. The summed E-state index contributed by atoms with van der Waals surface area (Å²) in [5.41, 5.74) is 1.39. The highest BCUT2D eigenvalue weighted by Crippen LogP contribution is 2.23. The van der Waals surface area contributed by atoms with Gasteiger partial charge in [-0.3, -0.25) is 19.7 Å². The van der Waals surface area contributed by atoms with Crippen LogP contribution in [0.15, 0.2) is 18.2 Å². The fraction of sp³-hybridized carbons (Fsp3) is 0.583. The van der Waals surface area contributed by atoms with Gasteiger partial charge < -0.3 is 39.5 Å². The minimum absolute atomic E-state index is 0.00292. The predicted octanol–water partition coefficient (Wildman–Crippen LogP) is 0.142. The fourth-order valence-electron chi connectivity index (χ4n) is 2.92. The second-order valence-corrected chi connectivity index (χ2v) is 7.34. The minimum atomic E-state index is -0.380. The molecule has 0 atom stereocenters. The largest absolute Gasteiger partial charge is 0.394 e. The molecular weight excluding hydrogens is 474 g/mol. The van der Waals surface area contributed by atoms with E-state index in [1.54, 1.807) is 25.2 Å². The number of hydrogen-bond acceptors (Lipinski definition) is 10. The van der Waals surface area contributed by atoms with Crippen molar-refractivity contribution in [1.82, 2.24) is 10.6 Å². The molecule has 0 unspecified atom stereocenters. The molecule has 3 amide bonds. The molecule has 0 saturated carbocycles. The number of amides is 3. The van der Waals surface area contributed by atoms with Gasteiger partial charge in [0.1, 0.15) is 6.29 Å². The lowest BCUT2D eigenvalue weighted by Gasteiger charge is -2.10. The second kappa shape index (κ2) is 20.3. The summed E-state index contributed by atoms with van der Waals surface area (Å²) in [7, 11) is 1.59. The molecule has 1 aromatic carbocycles. The summed E-state index contributed by atoms with van der Waals surface area (Å²) >= 11 is 0. The van der Waals surface area contributed by atoms with E-state index in [9.17, 15) is 19.2 Å². The highest BCUT2D eigenvalue weighted by Gasteiger charge is 2.28. The number of aliphatic hydroxyl groups excluding tert-OH is 1. The van der Waals surface area contributed by atoms with Crippen molar-refractivity contribution in [1.29, 1.82) is 0 Å². The van der Waals surface area contributed by atoms with Gasteiger partial charge in [-0.15, -0.1) is 0 Å². The zero-order chi connectivity index (χ0) is 26.4. The quantitative estimate of drug-likeness (QED) is 0.114. The average molecular weight is 512 g/mol. The van der Waals surface area contributed by atoms with E-state index >= 15 is 0 Å². The van der Waals surface area contributed by atoms with E-state index in [1.165, 1.54) is 0 Å². The van der Waals surface area contributed by atoms with E-state index in [-0.39, 0.29) is 24.3 Å². The molecule has 0 radical (unpaired) electrons. The standard InChI is InChI=1S/C18H26N2O7.C6H11NO2/c21-5-7-25-9-11-27-13-12-26-10-8-24-6-4-19-15-3-1-2-14-16(15)18(23)20-17(14)22;1-7-6(9)4-2-3-5-8/h1-3,19,21H,4-13H2,(H,20,22,23);5H,2-4H2,1H3,(H,7,9). The highest BCUT2D eigenvalue weighted by atomic mass is 16.6. The number of fused-ring (bicyclic) bond motifs is 1. The first-order valence-electron chi connectivity index (χ1n) is 11.8. The lowest BCUT2D eigenvalue weighted by molar-refractivity contribution is -0.120. The van der Waals surface area contributed by atoms with Crippen LogP contribution >= 0.6 is 0 Å².